The molecule has 20 heavy (non-hydrogen) atoms. The maximum absolute atomic E-state index is 9.26. The Morgan fingerprint density at radius 3 is 2.65 bits per heavy atom. The van der Waals surface area contributed by atoms with Gasteiger partial charge in [-0.3, -0.25) is 0 Å². The standard InChI is InChI=1S/C16H20N4/c1-11(2)8-15-14(9-17)16(18)20(19-15)10-13-7-5-4-6-12(13)3/h4-7,11H,8,10,18H2,1-3H3. The van der Waals surface area contributed by atoms with Crippen LogP contribution >= 0.6 is 0 Å². The Morgan fingerprint density at radius 1 is 1.35 bits per heavy atom. The number of hydrogen-bond donors (Lipinski definition) is 1. The van der Waals surface area contributed by atoms with Crippen LogP contribution in [0.15, 0.2) is 24.3 Å². The first-order valence-corrected chi connectivity index (χ1v) is 6.82. The van der Waals surface area contributed by atoms with Crippen molar-refractivity contribution in [3.05, 3.63) is 46.6 Å². The lowest BCUT2D eigenvalue weighted by atomic mass is 10.1. The van der Waals surface area contributed by atoms with Gasteiger partial charge in [-0.1, -0.05) is 38.1 Å². The molecule has 2 rings (SSSR count). The molecule has 0 bridgehead atoms. The fourth-order valence-electron chi connectivity index (χ4n) is 2.25. The SMILES string of the molecule is Cc1ccccc1Cn1nc(CC(C)C)c(C#N)c1N. The Balaban J connectivity index is 2.36. The molecule has 0 aliphatic rings. The number of aryl methyl sites for hydroxylation is 1. The Labute approximate surface area is 119 Å². The number of nitrogens with two attached hydrogens (primary N) is 1. The molecule has 104 valence electrons. The highest BCUT2D eigenvalue weighted by Gasteiger charge is 2.16. The van der Waals surface area contributed by atoms with Crippen molar-refractivity contribution in [3.63, 3.8) is 0 Å². The molecule has 1 aromatic heterocycles. The summed E-state index contributed by atoms with van der Waals surface area (Å²) in [5.41, 5.74) is 9.76. The smallest absolute Gasteiger partial charge is 0.140 e. The highest BCUT2D eigenvalue weighted by Crippen LogP contribution is 2.20. The van der Waals surface area contributed by atoms with Gasteiger partial charge in [0.25, 0.3) is 0 Å². The number of nitrogens with zero attached hydrogens (tertiary/aromatic N) is 3. The Bertz CT molecular complexity index is 647. The van der Waals surface area contributed by atoms with Crippen molar-refractivity contribution in [2.24, 2.45) is 5.92 Å². The molecule has 4 heteroatoms. The Morgan fingerprint density at radius 2 is 2.05 bits per heavy atom. The Kier molecular flexibility index (Phi) is 4.09. The highest BCUT2D eigenvalue weighted by atomic mass is 15.3. The number of aromatic nitrogens is 2. The summed E-state index contributed by atoms with van der Waals surface area (Å²) < 4.78 is 1.73. The lowest BCUT2D eigenvalue weighted by Crippen LogP contribution is -2.07. The molecule has 1 heterocycles. The van der Waals surface area contributed by atoms with Crippen LogP contribution in [0.2, 0.25) is 0 Å². The quantitative estimate of drug-likeness (QED) is 0.927. The van der Waals surface area contributed by atoms with Gasteiger partial charge in [-0.2, -0.15) is 10.4 Å². The molecule has 0 spiro atoms. The topological polar surface area (TPSA) is 67.6 Å². The molecular formula is C16H20N4. The molecule has 2 N–H and O–H groups in total. The number of anilines is 1. The van der Waals surface area contributed by atoms with Crippen molar-refractivity contribution in [3.8, 4) is 6.07 Å². The lowest BCUT2D eigenvalue weighted by molar-refractivity contribution is 0.609. The molecule has 4 nitrogen and oxygen atoms in total. The van der Waals surface area contributed by atoms with E-state index in [0.29, 0.717) is 23.8 Å². The molecular weight excluding hydrogens is 248 g/mol. The normalized spacial score (nSPS) is 10.8. The minimum atomic E-state index is 0.448. The summed E-state index contributed by atoms with van der Waals surface area (Å²) in [5.74, 6) is 0.912. The van der Waals surface area contributed by atoms with E-state index in [9.17, 15) is 5.26 Å². The third kappa shape index (κ3) is 2.83. The predicted octanol–water partition coefficient (Wildman–Crippen LogP) is 2.89. The Hall–Kier alpha value is -2.28. The van der Waals surface area contributed by atoms with Crippen molar-refractivity contribution in [1.82, 2.24) is 9.78 Å². The van der Waals surface area contributed by atoms with Gasteiger partial charge in [0.1, 0.15) is 17.5 Å². The van der Waals surface area contributed by atoms with E-state index in [1.165, 1.54) is 11.1 Å². The molecule has 0 saturated carbocycles. The van der Waals surface area contributed by atoms with E-state index in [0.717, 1.165) is 12.1 Å². The zero-order valence-corrected chi connectivity index (χ0v) is 12.2. The molecule has 0 atom stereocenters. The van der Waals surface area contributed by atoms with E-state index >= 15 is 0 Å². The number of hydrogen-bond acceptors (Lipinski definition) is 3. The summed E-state index contributed by atoms with van der Waals surface area (Å²) in [6, 6.07) is 10.3. The predicted molar refractivity (Wildman–Crippen MR) is 80.2 cm³/mol. The fourth-order valence-corrected chi connectivity index (χ4v) is 2.25. The first-order chi connectivity index (χ1) is 9.52. The summed E-state index contributed by atoms with van der Waals surface area (Å²) in [7, 11) is 0. The van der Waals surface area contributed by atoms with Gasteiger partial charge in [0.05, 0.1) is 12.2 Å². The molecule has 0 radical (unpaired) electrons. The zero-order valence-electron chi connectivity index (χ0n) is 12.2. The lowest BCUT2D eigenvalue weighted by Gasteiger charge is -2.07. The minimum Gasteiger partial charge on any atom is -0.383 e. The minimum absolute atomic E-state index is 0.448. The van der Waals surface area contributed by atoms with Crippen LogP contribution in [-0.2, 0) is 13.0 Å². The first-order valence-electron chi connectivity index (χ1n) is 6.82. The van der Waals surface area contributed by atoms with Crippen molar-refractivity contribution < 1.29 is 0 Å². The highest BCUT2D eigenvalue weighted by molar-refractivity contribution is 5.52. The summed E-state index contributed by atoms with van der Waals surface area (Å²) in [5, 5.41) is 13.8. The second-order valence-electron chi connectivity index (χ2n) is 5.50. The van der Waals surface area contributed by atoms with E-state index in [1.54, 1.807) is 4.68 Å². The van der Waals surface area contributed by atoms with Crippen LogP contribution in [0.3, 0.4) is 0 Å². The van der Waals surface area contributed by atoms with Gasteiger partial charge in [-0.05, 0) is 30.4 Å². The van der Waals surface area contributed by atoms with Crippen LogP contribution < -0.4 is 5.73 Å². The van der Waals surface area contributed by atoms with Gasteiger partial charge in [0, 0.05) is 0 Å². The van der Waals surface area contributed by atoms with E-state index in [4.69, 9.17) is 5.73 Å². The maximum atomic E-state index is 9.26. The van der Waals surface area contributed by atoms with E-state index in [2.05, 4.69) is 44.1 Å². The third-order valence-electron chi connectivity index (χ3n) is 3.36. The summed E-state index contributed by atoms with van der Waals surface area (Å²) in [6.45, 7) is 6.88. The summed E-state index contributed by atoms with van der Waals surface area (Å²) in [6.07, 6.45) is 0.772. The van der Waals surface area contributed by atoms with E-state index in [1.807, 2.05) is 12.1 Å². The van der Waals surface area contributed by atoms with Gasteiger partial charge in [-0.25, -0.2) is 4.68 Å². The van der Waals surface area contributed by atoms with Gasteiger partial charge < -0.3 is 5.73 Å². The van der Waals surface area contributed by atoms with E-state index in [-0.39, 0.29) is 0 Å². The fraction of sp³-hybridized carbons (Fsp3) is 0.375. The van der Waals surface area contributed by atoms with Crippen LogP contribution in [-0.4, -0.2) is 9.78 Å². The molecule has 2 aromatic rings. The second-order valence-corrected chi connectivity index (χ2v) is 5.50. The van der Waals surface area contributed by atoms with Crippen molar-refractivity contribution in [2.45, 2.75) is 33.7 Å². The number of benzene rings is 1. The van der Waals surface area contributed by atoms with Gasteiger partial charge in [0.15, 0.2) is 0 Å². The number of rotatable bonds is 4. The largest absolute Gasteiger partial charge is 0.383 e. The van der Waals surface area contributed by atoms with Crippen molar-refractivity contribution in [1.29, 1.82) is 5.26 Å². The number of nitriles is 1. The summed E-state index contributed by atoms with van der Waals surface area (Å²) in [4.78, 5) is 0. The summed E-state index contributed by atoms with van der Waals surface area (Å²) >= 11 is 0. The monoisotopic (exact) mass is 268 g/mol. The average molecular weight is 268 g/mol. The maximum Gasteiger partial charge on any atom is 0.140 e. The van der Waals surface area contributed by atoms with Gasteiger partial charge in [0.2, 0.25) is 0 Å². The molecule has 0 aliphatic carbocycles. The van der Waals surface area contributed by atoms with Crippen LogP contribution in [0, 0.1) is 24.2 Å². The van der Waals surface area contributed by atoms with Crippen LogP contribution in [0.4, 0.5) is 5.82 Å². The molecule has 0 unspecified atom stereocenters. The number of nitrogen functional groups attached to an aromatic ring is 1. The molecule has 0 saturated heterocycles. The average Bonchev–Trinajstić information content (AvgIpc) is 2.67. The first kappa shape index (κ1) is 14.1. The van der Waals surface area contributed by atoms with Crippen molar-refractivity contribution in [2.75, 3.05) is 5.73 Å². The second kappa shape index (κ2) is 5.79. The molecule has 0 fully saturated rings. The van der Waals surface area contributed by atoms with Crippen LogP contribution in [0.5, 0.6) is 0 Å². The van der Waals surface area contributed by atoms with Gasteiger partial charge in [-0.15, -0.1) is 0 Å². The third-order valence-corrected chi connectivity index (χ3v) is 3.36. The zero-order chi connectivity index (χ0) is 14.7. The van der Waals surface area contributed by atoms with Crippen molar-refractivity contribution >= 4 is 5.82 Å². The van der Waals surface area contributed by atoms with Crippen LogP contribution in [0.1, 0.15) is 36.2 Å². The van der Waals surface area contributed by atoms with Gasteiger partial charge >= 0.3 is 0 Å². The van der Waals surface area contributed by atoms with Crippen LogP contribution in [0.25, 0.3) is 0 Å². The van der Waals surface area contributed by atoms with E-state index < -0.39 is 0 Å². The molecule has 1 aromatic carbocycles. The molecule has 0 aliphatic heterocycles. The molecule has 0 amide bonds.